The molecule has 6 nitrogen and oxygen atoms in total. The molecule has 0 saturated carbocycles. The Morgan fingerprint density at radius 2 is 1.83 bits per heavy atom. The average Bonchev–Trinajstić information content (AvgIpc) is 3.10. The zero-order valence-corrected chi connectivity index (χ0v) is 14.0. The molecular formula is C18H18N2O4. The summed E-state index contributed by atoms with van der Waals surface area (Å²) in [6, 6.07) is 7.56. The third kappa shape index (κ3) is 2.78. The second kappa shape index (κ2) is 6.62. The summed E-state index contributed by atoms with van der Waals surface area (Å²) in [4.78, 5) is 4.40. The molecule has 1 aromatic carbocycles. The molecule has 124 valence electrons. The van der Waals surface area contributed by atoms with Gasteiger partial charge < -0.3 is 18.7 Å². The molecule has 2 aromatic heterocycles. The molecule has 0 amide bonds. The highest BCUT2D eigenvalue weighted by Gasteiger charge is 2.17. The van der Waals surface area contributed by atoms with Crippen LogP contribution in [-0.2, 0) is 0 Å². The van der Waals surface area contributed by atoms with E-state index >= 15 is 0 Å². The van der Waals surface area contributed by atoms with Crippen LogP contribution in [0, 0.1) is 6.92 Å². The molecule has 3 aromatic rings. The van der Waals surface area contributed by atoms with Gasteiger partial charge in [0.15, 0.2) is 11.5 Å². The quantitative estimate of drug-likeness (QED) is 0.711. The predicted molar refractivity (Wildman–Crippen MR) is 89.6 cm³/mol. The van der Waals surface area contributed by atoms with Gasteiger partial charge in [-0.05, 0) is 36.8 Å². The number of ether oxygens (including phenoxy) is 3. The largest absolute Gasteiger partial charge is 0.495 e. The van der Waals surface area contributed by atoms with Crippen molar-refractivity contribution in [3.63, 3.8) is 0 Å². The number of aryl methyl sites for hydroxylation is 1. The van der Waals surface area contributed by atoms with Crippen LogP contribution in [0.1, 0.15) is 5.56 Å². The number of hydrogen-bond donors (Lipinski definition) is 0. The summed E-state index contributed by atoms with van der Waals surface area (Å²) >= 11 is 0. The summed E-state index contributed by atoms with van der Waals surface area (Å²) in [6.45, 7) is 1.95. The van der Waals surface area contributed by atoms with Crippen molar-refractivity contribution < 1.29 is 18.7 Å². The molecule has 3 rings (SSSR count). The molecule has 0 saturated heterocycles. The number of nitrogens with zero attached hydrogens (tertiary/aromatic N) is 2. The van der Waals surface area contributed by atoms with Crippen molar-refractivity contribution in [2.75, 3.05) is 21.3 Å². The van der Waals surface area contributed by atoms with Gasteiger partial charge in [0.25, 0.3) is 0 Å². The van der Waals surface area contributed by atoms with E-state index in [1.54, 1.807) is 33.8 Å². The molecular weight excluding hydrogens is 308 g/mol. The Morgan fingerprint density at radius 3 is 2.46 bits per heavy atom. The Hall–Kier alpha value is -3.02. The Morgan fingerprint density at radius 1 is 1.00 bits per heavy atom. The van der Waals surface area contributed by atoms with Crippen LogP contribution in [0.5, 0.6) is 17.2 Å². The molecule has 6 heteroatoms. The van der Waals surface area contributed by atoms with Crippen LogP contribution in [-0.4, -0.2) is 31.5 Å². The fourth-order valence-corrected chi connectivity index (χ4v) is 2.58. The van der Waals surface area contributed by atoms with E-state index in [1.807, 2.05) is 31.2 Å². The summed E-state index contributed by atoms with van der Waals surface area (Å²) in [5, 5.41) is 4.13. The highest BCUT2D eigenvalue weighted by Crippen LogP contribution is 2.38. The number of hydrogen-bond acceptors (Lipinski definition) is 6. The van der Waals surface area contributed by atoms with E-state index in [9.17, 15) is 0 Å². The van der Waals surface area contributed by atoms with Crippen LogP contribution < -0.4 is 14.2 Å². The first kappa shape index (κ1) is 15.9. The third-order valence-electron chi connectivity index (χ3n) is 3.76. The molecule has 0 radical (unpaired) electrons. The summed E-state index contributed by atoms with van der Waals surface area (Å²) in [6.07, 6.45) is 3.24. The van der Waals surface area contributed by atoms with E-state index in [1.165, 1.54) is 0 Å². The van der Waals surface area contributed by atoms with Gasteiger partial charge in [-0.1, -0.05) is 5.16 Å². The normalized spacial score (nSPS) is 10.5. The van der Waals surface area contributed by atoms with Crippen molar-refractivity contribution in [2.24, 2.45) is 0 Å². The molecule has 0 aliphatic rings. The SMILES string of the molecule is COc1ccc(-c2conc2-c2cc(C)c(OC)c(OC)c2)nc1. The molecule has 24 heavy (non-hydrogen) atoms. The minimum atomic E-state index is 0.643. The Labute approximate surface area is 140 Å². The van der Waals surface area contributed by atoms with Crippen LogP contribution in [0.15, 0.2) is 41.2 Å². The number of aromatic nitrogens is 2. The lowest BCUT2D eigenvalue weighted by Gasteiger charge is -2.12. The molecule has 0 aliphatic heterocycles. The van der Waals surface area contributed by atoms with E-state index < -0.39 is 0 Å². The smallest absolute Gasteiger partial charge is 0.163 e. The molecule has 0 unspecified atom stereocenters. The Kier molecular flexibility index (Phi) is 4.37. The van der Waals surface area contributed by atoms with Gasteiger partial charge in [0, 0.05) is 5.56 Å². The monoisotopic (exact) mass is 326 g/mol. The molecule has 0 N–H and O–H groups in total. The van der Waals surface area contributed by atoms with E-state index in [0.717, 1.165) is 22.4 Å². The van der Waals surface area contributed by atoms with Crippen molar-refractivity contribution in [3.05, 3.63) is 42.3 Å². The van der Waals surface area contributed by atoms with E-state index in [2.05, 4.69) is 10.1 Å². The Balaban J connectivity index is 2.08. The molecule has 2 heterocycles. The van der Waals surface area contributed by atoms with Gasteiger partial charge in [0.05, 0.1) is 38.8 Å². The maximum atomic E-state index is 5.42. The summed E-state index contributed by atoms with van der Waals surface area (Å²) in [7, 11) is 4.83. The average molecular weight is 326 g/mol. The van der Waals surface area contributed by atoms with Crippen molar-refractivity contribution in [1.29, 1.82) is 0 Å². The highest BCUT2D eigenvalue weighted by atomic mass is 16.5. The summed E-state index contributed by atoms with van der Waals surface area (Å²) in [5.74, 6) is 2.04. The maximum absolute atomic E-state index is 5.42. The van der Waals surface area contributed by atoms with Gasteiger partial charge >= 0.3 is 0 Å². The molecule has 0 aliphatic carbocycles. The second-order valence-corrected chi connectivity index (χ2v) is 5.19. The van der Waals surface area contributed by atoms with Gasteiger partial charge in [-0.3, -0.25) is 4.98 Å². The minimum Gasteiger partial charge on any atom is -0.495 e. The minimum absolute atomic E-state index is 0.643. The van der Waals surface area contributed by atoms with E-state index in [0.29, 0.717) is 22.9 Å². The van der Waals surface area contributed by atoms with Crippen LogP contribution in [0.3, 0.4) is 0 Å². The number of rotatable bonds is 5. The molecule has 0 atom stereocenters. The Bertz CT molecular complexity index is 841. The predicted octanol–water partition coefficient (Wildman–Crippen LogP) is 3.74. The van der Waals surface area contributed by atoms with Crippen LogP contribution in [0.25, 0.3) is 22.5 Å². The second-order valence-electron chi connectivity index (χ2n) is 5.19. The molecule has 0 fully saturated rings. The lowest BCUT2D eigenvalue weighted by molar-refractivity contribution is 0.353. The number of methoxy groups -OCH3 is 3. The fraction of sp³-hybridized carbons (Fsp3) is 0.222. The van der Waals surface area contributed by atoms with Gasteiger partial charge in [0.2, 0.25) is 0 Å². The van der Waals surface area contributed by atoms with Crippen LogP contribution in [0.2, 0.25) is 0 Å². The van der Waals surface area contributed by atoms with Gasteiger partial charge in [-0.15, -0.1) is 0 Å². The van der Waals surface area contributed by atoms with Crippen molar-refractivity contribution in [1.82, 2.24) is 10.1 Å². The van der Waals surface area contributed by atoms with Crippen LogP contribution in [0.4, 0.5) is 0 Å². The maximum Gasteiger partial charge on any atom is 0.163 e. The topological polar surface area (TPSA) is 66.6 Å². The molecule has 0 spiro atoms. The van der Waals surface area contributed by atoms with Crippen molar-refractivity contribution in [3.8, 4) is 39.8 Å². The summed E-state index contributed by atoms with van der Waals surface area (Å²) in [5.41, 5.74) is 4.05. The highest BCUT2D eigenvalue weighted by molar-refractivity contribution is 5.79. The van der Waals surface area contributed by atoms with Gasteiger partial charge in [-0.25, -0.2) is 0 Å². The fourth-order valence-electron chi connectivity index (χ4n) is 2.58. The van der Waals surface area contributed by atoms with Crippen molar-refractivity contribution in [2.45, 2.75) is 6.92 Å². The number of pyridine rings is 1. The summed E-state index contributed by atoms with van der Waals surface area (Å²) < 4.78 is 21.1. The zero-order chi connectivity index (χ0) is 17.1. The third-order valence-corrected chi connectivity index (χ3v) is 3.76. The zero-order valence-electron chi connectivity index (χ0n) is 14.0. The van der Waals surface area contributed by atoms with E-state index in [4.69, 9.17) is 18.7 Å². The first-order valence-corrected chi connectivity index (χ1v) is 7.35. The number of benzene rings is 1. The van der Waals surface area contributed by atoms with Gasteiger partial charge in [-0.2, -0.15) is 0 Å². The first-order valence-electron chi connectivity index (χ1n) is 7.35. The lowest BCUT2D eigenvalue weighted by atomic mass is 10.0. The van der Waals surface area contributed by atoms with Gasteiger partial charge in [0.1, 0.15) is 17.7 Å². The van der Waals surface area contributed by atoms with Crippen LogP contribution >= 0.6 is 0 Å². The lowest BCUT2D eigenvalue weighted by Crippen LogP contribution is -1.95. The van der Waals surface area contributed by atoms with Crippen molar-refractivity contribution >= 4 is 0 Å². The standard InChI is InChI=1S/C18H18N2O4/c1-11-7-12(8-16(22-3)18(11)23-4)17-14(10-24-20-17)15-6-5-13(21-2)9-19-15/h5-10H,1-4H3. The van der Waals surface area contributed by atoms with E-state index in [-0.39, 0.29) is 0 Å². The molecule has 0 bridgehead atoms. The first-order chi connectivity index (χ1) is 11.7.